The summed E-state index contributed by atoms with van der Waals surface area (Å²) in [5.41, 5.74) is 5.47. The van der Waals surface area contributed by atoms with Crippen LogP contribution in [0.3, 0.4) is 0 Å². The summed E-state index contributed by atoms with van der Waals surface area (Å²) in [5.74, 6) is -0.0278. The Balaban J connectivity index is 2.06. The summed E-state index contributed by atoms with van der Waals surface area (Å²) in [7, 11) is 0. The van der Waals surface area contributed by atoms with Gasteiger partial charge in [0.25, 0.3) is 0 Å². The molecule has 1 aliphatic rings. The van der Waals surface area contributed by atoms with Crippen LogP contribution >= 0.6 is 0 Å². The number of hydrogen-bond acceptors (Lipinski definition) is 4. The van der Waals surface area contributed by atoms with Crippen LogP contribution in [-0.2, 0) is 9.53 Å². The Morgan fingerprint density at radius 2 is 2.19 bits per heavy atom. The lowest BCUT2D eigenvalue weighted by Crippen LogP contribution is -2.36. The SMILES string of the molecule is NCC1CCC(C(=O)NCCCCCO)O1. The number of amides is 1. The molecule has 0 saturated carbocycles. The van der Waals surface area contributed by atoms with Crippen molar-refractivity contribution in [2.45, 2.75) is 44.3 Å². The number of unbranched alkanes of at least 4 members (excludes halogenated alkanes) is 2. The van der Waals surface area contributed by atoms with Gasteiger partial charge in [0.05, 0.1) is 6.10 Å². The molecule has 0 aromatic heterocycles. The predicted molar refractivity (Wildman–Crippen MR) is 60.9 cm³/mol. The molecule has 0 bridgehead atoms. The number of hydrogen-bond donors (Lipinski definition) is 3. The van der Waals surface area contributed by atoms with E-state index in [0.717, 1.165) is 32.1 Å². The second kappa shape index (κ2) is 7.60. The maximum absolute atomic E-state index is 11.6. The summed E-state index contributed by atoms with van der Waals surface area (Å²) in [6, 6.07) is 0. The first-order valence-corrected chi connectivity index (χ1v) is 6.02. The summed E-state index contributed by atoms with van der Waals surface area (Å²) >= 11 is 0. The molecule has 5 heteroatoms. The molecule has 1 amide bonds. The number of ether oxygens (including phenoxy) is 1. The molecule has 5 nitrogen and oxygen atoms in total. The van der Waals surface area contributed by atoms with Crippen LogP contribution in [0, 0.1) is 0 Å². The number of aliphatic hydroxyl groups excluding tert-OH is 1. The van der Waals surface area contributed by atoms with Crippen LogP contribution in [0.15, 0.2) is 0 Å². The minimum Gasteiger partial charge on any atom is -0.396 e. The first kappa shape index (κ1) is 13.4. The molecular weight excluding hydrogens is 208 g/mol. The Kier molecular flexibility index (Phi) is 6.37. The summed E-state index contributed by atoms with van der Waals surface area (Å²) in [5, 5.41) is 11.4. The number of carbonyl (C=O) groups excluding carboxylic acids is 1. The Morgan fingerprint density at radius 1 is 1.38 bits per heavy atom. The molecule has 16 heavy (non-hydrogen) atoms. The molecule has 0 aromatic carbocycles. The molecule has 0 spiro atoms. The maximum Gasteiger partial charge on any atom is 0.249 e. The van der Waals surface area contributed by atoms with Crippen molar-refractivity contribution >= 4 is 5.91 Å². The predicted octanol–water partition coefficient (Wildman–Crippen LogP) is -0.229. The summed E-state index contributed by atoms with van der Waals surface area (Å²) in [6.45, 7) is 1.37. The van der Waals surface area contributed by atoms with Crippen molar-refractivity contribution in [3.8, 4) is 0 Å². The van der Waals surface area contributed by atoms with E-state index in [1.54, 1.807) is 0 Å². The van der Waals surface area contributed by atoms with E-state index < -0.39 is 0 Å². The molecule has 0 aromatic rings. The van der Waals surface area contributed by atoms with Gasteiger partial charge in [0.15, 0.2) is 0 Å². The molecular formula is C11H22N2O3. The Morgan fingerprint density at radius 3 is 2.81 bits per heavy atom. The largest absolute Gasteiger partial charge is 0.396 e. The summed E-state index contributed by atoms with van der Waals surface area (Å²) in [6.07, 6.45) is 4.01. The number of nitrogens with one attached hydrogen (secondary N) is 1. The van der Waals surface area contributed by atoms with E-state index in [-0.39, 0.29) is 24.7 Å². The van der Waals surface area contributed by atoms with Crippen molar-refractivity contribution in [1.82, 2.24) is 5.32 Å². The van der Waals surface area contributed by atoms with Crippen molar-refractivity contribution in [1.29, 1.82) is 0 Å². The second-order valence-corrected chi connectivity index (χ2v) is 4.14. The molecule has 1 rings (SSSR count). The topological polar surface area (TPSA) is 84.6 Å². The Hall–Kier alpha value is -0.650. The van der Waals surface area contributed by atoms with Gasteiger partial charge in [-0.3, -0.25) is 4.79 Å². The van der Waals surface area contributed by atoms with Crippen LogP contribution in [0.5, 0.6) is 0 Å². The maximum atomic E-state index is 11.6. The Labute approximate surface area is 96.3 Å². The second-order valence-electron chi connectivity index (χ2n) is 4.14. The quantitative estimate of drug-likeness (QED) is 0.527. The highest BCUT2D eigenvalue weighted by molar-refractivity contribution is 5.80. The van der Waals surface area contributed by atoms with E-state index in [0.29, 0.717) is 13.1 Å². The third-order valence-electron chi connectivity index (χ3n) is 2.80. The van der Waals surface area contributed by atoms with Crippen molar-refractivity contribution in [2.75, 3.05) is 19.7 Å². The van der Waals surface area contributed by atoms with Crippen LogP contribution < -0.4 is 11.1 Å². The van der Waals surface area contributed by atoms with Gasteiger partial charge in [-0.05, 0) is 32.1 Å². The van der Waals surface area contributed by atoms with E-state index in [2.05, 4.69) is 5.32 Å². The minimum atomic E-state index is -0.314. The zero-order chi connectivity index (χ0) is 11.8. The average Bonchev–Trinajstić information content (AvgIpc) is 2.77. The van der Waals surface area contributed by atoms with E-state index >= 15 is 0 Å². The van der Waals surface area contributed by atoms with Crippen LogP contribution in [0.4, 0.5) is 0 Å². The van der Waals surface area contributed by atoms with Gasteiger partial charge in [-0.25, -0.2) is 0 Å². The smallest absolute Gasteiger partial charge is 0.249 e. The van der Waals surface area contributed by atoms with E-state index in [9.17, 15) is 4.79 Å². The Bertz CT molecular complexity index is 211. The third-order valence-corrected chi connectivity index (χ3v) is 2.80. The van der Waals surface area contributed by atoms with Gasteiger partial charge < -0.3 is 20.9 Å². The molecule has 1 aliphatic heterocycles. The molecule has 0 radical (unpaired) electrons. The average molecular weight is 230 g/mol. The van der Waals surface area contributed by atoms with Crippen LogP contribution in [0.1, 0.15) is 32.1 Å². The first-order valence-electron chi connectivity index (χ1n) is 6.02. The molecule has 1 fully saturated rings. The van der Waals surface area contributed by atoms with E-state index in [1.807, 2.05) is 0 Å². The molecule has 2 unspecified atom stereocenters. The van der Waals surface area contributed by atoms with Gasteiger partial charge in [-0.2, -0.15) is 0 Å². The van der Waals surface area contributed by atoms with Gasteiger partial charge in [0.1, 0.15) is 6.10 Å². The number of nitrogens with two attached hydrogens (primary N) is 1. The first-order chi connectivity index (χ1) is 7.77. The minimum absolute atomic E-state index is 0.0278. The fourth-order valence-electron chi connectivity index (χ4n) is 1.81. The fourth-order valence-corrected chi connectivity index (χ4v) is 1.81. The van der Waals surface area contributed by atoms with Gasteiger partial charge >= 0.3 is 0 Å². The highest BCUT2D eigenvalue weighted by Crippen LogP contribution is 2.18. The van der Waals surface area contributed by atoms with Gasteiger partial charge in [0.2, 0.25) is 5.91 Å². The van der Waals surface area contributed by atoms with Crippen molar-refractivity contribution in [3.63, 3.8) is 0 Å². The fraction of sp³-hybridized carbons (Fsp3) is 0.909. The lowest BCUT2D eigenvalue weighted by Gasteiger charge is -2.12. The zero-order valence-electron chi connectivity index (χ0n) is 9.65. The monoisotopic (exact) mass is 230 g/mol. The highest BCUT2D eigenvalue weighted by Gasteiger charge is 2.29. The van der Waals surface area contributed by atoms with E-state index in [1.165, 1.54) is 0 Å². The summed E-state index contributed by atoms with van der Waals surface area (Å²) < 4.78 is 5.47. The number of carbonyl (C=O) groups is 1. The lowest BCUT2D eigenvalue weighted by molar-refractivity contribution is -0.131. The lowest BCUT2D eigenvalue weighted by atomic mass is 10.2. The van der Waals surface area contributed by atoms with Gasteiger partial charge in [-0.1, -0.05) is 0 Å². The third kappa shape index (κ3) is 4.47. The molecule has 4 N–H and O–H groups in total. The van der Waals surface area contributed by atoms with Crippen molar-refractivity contribution in [3.05, 3.63) is 0 Å². The van der Waals surface area contributed by atoms with Crippen LogP contribution in [0.2, 0.25) is 0 Å². The molecule has 1 heterocycles. The molecule has 0 aliphatic carbocycles. The molecule has 2 atom stereocenters. The normalized spacial score (nSPS) is 24.6. The molecule has 1 saturated heterocycles. The summed E-state index contributed by atoms with van der Waals surface area (Å²) in [4.78, 5) is 11.6. The van der Waals surface area contributed by atoms with Crippen LogP contribution in [-0.4, -0.2) is 42.9 Å². The van der Waals surface area contributed by atoms with Crippen molar-refractivity contribution in [2.24, 2.45) is 5.73 Å². The van der Waals surface area contributed by atoms with Gasteiger partial charge in [0, 0.05) is 19.7 Å². The zero-order valence-corrected chi connectivity index (χ0v) is 9.65. The van der Waals surface area contributed by atoms with Crippen LogP contribution in [0.25, 0.3) is 0 Å². The number of rotatable bonds is 7. The number of aliphatic hydroxyl groups is 1. The van der Waals surface area contributed by atoms with Gasteiger partial charge in [-0.15, -0.1) is 0 Å². The molecule has 94 valence electrons. The van der Waals surface area contributed by atoms with E-state index in [4.69, 9.17) is 15.6 Å². The van der Waals surface area contributed by atoms with Crippen molar-refractivity contribution < 1.29 is 14.6 Å². The highest BCUT2D eigenvalue weighted by atomic mass is 16.5. The standard InChI is InChI=1S/C11H22N2O3/c12-8-9-4-5-10(16-9)11(15)13-6-2-1-3-7-14/h9-10,14H,1-8,12H2,(H,13,15).